The van der Waals surface area contributed by atoms with Gasteiger partial charge in [0, 0.05) is 5.56 Å². The fraction of sp³-hybridized carbons (Fsp3) is 0.467. The molecule has 0 spiro atoms. The van der Waals surface area contributed by atoms with Crippen LogP contribution in [0.2, 0.25) is 19.6 Å². The molecule has 86 valence electrons. The van der Waals surface area contributed by atoms with Gasteiger partial charge in [-0.05, 0) is 30.5 Å². The quantitative estimate of drug-likeness (QED) is 0.538. The van der Waals surface area contributed by atoms with Crippen molar-refractivity contribution in [2.24, 2.45) is 0 Å². The van der Waals surface area contributed by atoms with Crippen LogP contribution in [0.15, 0.2) is 24.3 Å². The van der Waals surface area contributed by atoms with Crippen LogP contribution in [0.4, 0.5) is 0 Å². The van der Waals surface area contributed by atoms with Crippen molar-refractivity contribution in [1.82, 2.24) is 0 Å². The highest BCUT2D eigenvalue weighted by Crippen LogP contribution is 2.07. The Hall–Kier alpha value is -1.00. The summed E-state index contributed by atoms with van der Waals surface area (Å²) in [7, 11) is -1.24. The summed E-state index contributed by atoms with van der Waals surface area (Å²) in [5.74, 6) is 3.28. The summed E-state index contributed by atoms with van der Waals surface area (Å²) in [6.45, 7) is 9.05. The number of hydrogen-bond donors (Lipinski definition) is 0. The SMILES string of the molecule is CCCCc1ccc(C#C[Si](C)(C)C)cc1. The van der Waals surface area contributed by atoms with E-state index in [2.05, 4.69) is 62.3 Å². The monoisotopic (exact) mass is 230 g/mol. The Morgan fingerprint density at radius 1 is 1.06 bits per heavy atom. The van der Waals surface area contributed by atoms with Gasteiger partial charge in [0.2, 0.25) is 0 Å². The lowest BCUT2D eigenvalue weighted by atomic mass is 10.1. The molecular weight excluding hydrogens is 208 g/mol. The van der Waals surface area contributed by atoms with Gasteiger partial charge in [-0.15, -0.1) is 5.54 Å². The molecule has 1 rings (SSSR count). The van der Waals surface area contributed by atoms with Crippen molar-refractivity contribution in [3.63, 3.8) is 0 Å². The first-order valence-electron chi connectivity index (χ1n) is 6.13. The van der Waals surface area contributed by atoms with Crippen LogP contribution in [0.25, 0.3) is 0 Å². The standard InChI is InChI=1S/C15H22Si/c1-5-6-7-14-8-10-15(11-9-14)12-13-16(2,3)4/h8-11H,5-7H2,1-4H3. The lowest BCUT2D eigenvalue weighted by molar-refractivity contribution is 0.795. The van der Waals surface area contributed by atoms with E-state index in [1.165, 1.54) is 24.8 Å². The summed E-state index contributed by atoms with van der Waals surface area (Å²) < 4.78 is 0. The van der Waals surface area contributed by atoms with Crippen molar-refractivity contribution in [3.8, 4) is 11.5 Å². The van der Waals surface area contributed by atoms with Crippen LogP contribution < -0.4 is 0 Å². The van der Waals surface area contributed by atoms with Gasteiger partial charge in [0.1, 0.15) is 8.07 Å². The Morgan fingerprint density at radius 3 is 2.19 bits per heavy atom. The number of hydrogen-bond acceptors (Lipinski definition) is 0. The molecule has 0 unspecified atom stereocenters. The van der Waals surface area contributed by atoms with Gasteiger partial charge in [-0.3, -0.25) is 0 Å². The zero-order valence-corrected chi connectivity index (χ0v) is 11.9. The maximum Gasteiger partial charge on any atom is 0.129 e. The van der Waals surface area contributed by atoms with E-state index >= 15 is 0 Å². The summed E-state index contributed by atoms with van der Waals surface area (Å²) in [6, 6.07) is 8.73. The summed E-state index contributed by atoms with van der Waals surface area (Å²) in [6.07, 6.45) is 3.73. The predicted octanol–water partition coefficient (Wildman–Crippen LogP) is 4.26. The van der Waals surface area contributed by atoms with E-state index < -0.39 is 8.07 Å². The summed E-state index contributed by atoms with van der Waals surface area (Å²) in [4.78, 5) is 0. The van der Waals surface area contributed by atoms with Crippen molar-refractivity contribution < 1.29 is 0 Å². The summed E-state index contributed by atoms with van der Waals surface area (Å²) in [5.41, 5.74) is 5.98. The molecule has 0 fully saturated rings. The van der Waals surface area contributed by atoms with Gasteiger partial charge in [-0.1, -0.05) is 51.0 Å². The average Bonchev–Trinajstić information content (AvgIpc) is 2.24. The van der Waals surface area contributed by atoms with Gasteiger partial charge in [-0.2, -0.15) is 0 Å². The smallest absolute Gasteiger partial charge is 0.127 e. The highest BCUT2D eigenvalue weighted by Gasteiger charge is 2.07. The van der Waals surface area contributed by atoms with Gasteiger partial charge in [-0.25, -0.2) is 0 Å². The van der Waals surface area contributed by atoms with Gasteiger partial charge >= 0.3 is 0 Å². The molecule has 0 amide bonds. The molecule has 0 aliphatic carbocycles. The average molecular weight is 230 g/mol. The number of benzene rings is 1. The van der Waals surface area contributed by atoms with Crippen molar-refractivity contribution in [1.29, 1.82) is 0 Å². The molecule has 0 saturated heterocycles. The lowest BCUT2D eigenvalue weighted by Crippen LogP contribution is -2.16. The molecular formula is C15H22Si. The van der Waals surface area contributed by atoms with Crippen molar-refractivity contribution in [3.05, 3.63) is 35.4 Å². The van der Waals surface area contributed by atoms with Crippen LogP contribution in [-0.4, -0.2) is 8.07 Å². The molecule has 0 nitrogen and oxygen atoms in total. The van der Waals surface area contributed by atoms with E-state index in [-0.39, 0.29) is 0 Å². The Labute approximate surface area is 101 Å². The largest absolute Gasteiger partial charge is 0.129 e. The molecule has 0 atom stereocenters. The van der Waals surface area contributed by atoms with Crippen LogP contribution in [0, 0.1) is 11.5 Å². The minimum absolute atomic E-state index is 1.16. The number of aryl methyl sites for hydroxylation is 1. The Balaban J connectivity index is 2.67. The first kappa shape index (κ1) is 13.1. The van der Waals surface area contributed by atoms with E-state index in [4.69, 9.17) is 0 Å². The Morgan fingerprint density at radius 2 is 1.69 bits per heavy atom. The van der Waals surface area contributed by atoms with Gasteiger partial charge < -0.3 is 0 Å². The zero-order valence-electron chi connectivity index (χ0n) is 10.9. The maximum atomic E-state index is 3.39. The fourth-order valence-electron chi connectivity index (χ4n) is 1.40. The maximum absolute atomic E-state index is 3.39. The van der Waals surface area contributed by atoms with E-state index in [9.17, 15) is 0 Å². The third-order valence-corrected chi connectivity index (χ3v) is 3.23. The third-order valence-electron chi connectivity index (χ3n) is 2.35. The van der Waals surface area contributed by atoms with Crippen LogP contribution in [-0.2, 0) is 6.42 Å². The third kappa shape index (κ3) is 5.18. The molecule has 1 aromatic carbocycles. The van der Waals surface area contributed by atoms with Gasteiger partial charge in [0.25, 0.3) is 0 Å². The molecule has 0 N–H and O–H groups in total. The Kier molecular flexibility index (Phi) is 4.83. The van der Waals surface area contributed by atoms with Crippen molar-refractivity contribution >= 4 is 8.07 Å². The van der Waals surface area contributed by atoms with Crippen LogP contribution in [0.1, 0.15) is 30.9 Å². The number of unbranched alkanes of at least 4 members (excludes halogenated alkanes) is 1. The number of rotatable bonds is 3. The highest BCUT2D eigenvalue weighted by atomic mass is 28.3. The molecule has 0 aromatic heterocycles. The summed E-state index contributed by atoms with van der Waals surface area (Å²) >= 11 is 0. The van der Waals surface area contributed by atoms with E-state index in [0.717, 1.165) is 5.56 Å². The molecule has 0 saturated carbocycles. The van der Waals surface area contributed by atoms with Gasteiger partial charge in [0.05, 0.1) is 0 Å². The molecule has 1 aromatic rings. The zero-order chi connectivity index (χ0) is 12.0. The lowest BCUT2D eigenvalue weighted by Gasteiger charge is -2.03. The molecule has 0 radical (unpaired) electrons. The van der Waals surface area contributed by atoms with Gasteiger partial charge in [0.15, 0.2) is 0 Å². The second kappa shape index (κ2) is 5.91. The van der Waals surface area contributed by atoms with E-state index in [1.807, 2.05) is 0 Å². The first-order valence-corrected chi connectivity index (χ1v) is 9.63. The molecule has 0 aliphatic heterocycles. The predicted molar refractivity (Wildman–Crippen MR) is 75.3 cm³/mol. The minimum Gasteiger partial charge on any atom is -0.127 e. The van der Waals surface area contributed by atoms with E-state index in [1.54, 1.807) is 0 Å². The van der Waals surface area contributed by atoms with Crippen LogP contribution >= 0.6 is 0 Å². The second-order valence-corrected chi connectivity index (χ2v) is 10.1. The topological polar surface area (TPSA) is 0 Å². The molecule has 1 heteroatoms. The minimum atomic E-state index is -1.24. The van der Waals surface area contributed by atoms with Crippen LogP contribution in [0.5, 0.6) is 0 Å². The van der Waals surface area contributed by atoms with Crippen LogP contribution in [0.3, 0.4) is 0 Å². The first-order chi connectivity index (χ1) is 7.51. The van der Waals surface area contributed by atoms with Crippen molar-refractivity contribution in [2.45, 2.75) is 45.8 Å². The summed E-state index contributed by atoms with van der Waals surface area (Å²) in [5, 5.41) is 0. The molecule has 0 heterocycles. The van der Waals surface area contributed by atoms with Crippen molar-refractivity contribution in [2.75, 3.05) is 0 Å². The highest BCUT2D eigenvalue weighted by molar-refractivity contribution is 6.83. The second-order valence-electron chi connectivity index (χ2n) is 5.30. The normalized spacial score (nSPS) is 10.8. The molecule has 0 aliphatic rings. The molecule has 16 heavy (non-hydrogen) atoms. The fourth-order valence-corrected chi connectivity index (χ4v) is 1.91. The molecule has 0 bridgehead atoms. The Bertz CT molecular complexity index is 371. The van der Waals surface area contributed by atoms with E-state index in [0.29, 0.717) is 0 Å².